The van der Waals surface area contributed by atoms with E-state index in [1.54, 1.807) is 28.8 Å². The number of nitrogens with zero attached hydrogens (tertiary/aromatic N) is 4. The van der Waals surface area contributed by atoms with E-state index in [0.717, 1.165) is 11.4 Å². The number of aryl methyl sites for hydroxylation is 2. The van der Waals surface area contributed by atoms with Crippen molar-refractivity contribution in [1.29, 1.82) is 0 Å². The minimum atomic E-state index is -0.509. The highest BCUT2D eigenvalue weighted by atomic mass is 32.2. The van der Waals surface area contributed by atoms with Gasteiger partial charge in [0.25, 0.3) is 5.78 Å². The van der Waals surface area contributed by atoms with E-state index in [0.29, 0.717) is 22.2 Å². The number of nitrogens with one attached hydrogen (secondary N) is 1. The SMILES string of the molecule is Cc1cc(C)n2nc(SCC(=O)Nc3ccc(C(N)=O)cc3)nc2n1. The quantitative estimate of drug-likeness (QED) is 0.671. The van der Waals surface area contributed by atoms with E-state index < -0.39 is 5.91 Å². The molecule has 0 saturated carbocycles. The number of hydrogen-bond donors (Lipinski definition) is 2. The van der Waals surface area contributed by atoms with Crippen LogP contribution in [-0.2, 0) is 4.79 Å². The first-order valence-corrected chi connectivity index (χ1v) is 8.44. The van der Waals surface area contributed by atoms with Crippen LogP contribution in [0.5, 0.6) is 0 Å². The number of benzene rings is 1. The summed E-state index contributed by atoms with van der Waals surface area (Å²) in [6.45, 7) is 3.82. The van der Waals surface area contributed by atoms with Gasteiger partial charge in [0, 0.05) is 22.6 Å². The van der Waals surface area contributed by atoms with Gasteiger partial charge in [0.15, 0.2) is 0 Å². The van der Waals surface area contributed by atoms with Gasteiger partial charge in [0.2, 0.25) is 17.0 Å². The second-order valence-corrected chi connectivity index (χ2v) is 6.37. The van der Waals surface area contributed by atoms with Crippen LogP contribution in [0.15, 0.2) is 35.5 Å². The lowest BCUT2D eigenvalue weighted by Crippen LogP contribution is -2.15. The van der Waals surface area contributed by atoms with Crippen molar-refractivity contribution in [3.8, 4) is 0 Å². The van der Waals surface area contributed by atoms with Gasteiger partial charge in [-0.3, -0.25) is 9.59 Å². The standard InChI is InChI=1S/C16H16N6O2S/c1-9-7-10(2)22-15(18-9)20-16(21-22)25-8-13(23)19-12-5-3-11(4-6-12)14(17)24/h3-7H,8H2,1-2H3,(H2,17,24)(H,19,23). The molecule has 0 aliphatic heterocycles. The summed E-state index contributed by atoms with van der Waals surface area (Å²) < 4.78 is 1.65. The molecule has 2 amide bonds. The molecular weight excluding hydrogens is 340 g/mol. The van der Waals surface area contributed by atoms with E-state index in [2.05, 4.69) is 20.4 Å². The maximum Gasteiger partial charge on any atom is 0.253 e. The third-order valence-corrected chi connectivity index (χ3v) is 4.22. The minimum Gasteiger partial charge on any atom is -0.366 e. The number of rotatable bonds is 5. The Morgan fingerprint density at radius 3 is 2.60 bits per heavy atom. The lowest BCUT2D eigenvalue weighted by atomic mass is 10.2. The molecule has 9 heteroatoms. The molecule has 2 heterocycles. The molecule has 0 unspecified atom stereocenters. The van der Waals surface area contributed by atoms with Crippen LogP contribution in [0.3, 0.4) is 0 Å². The van der Waals surface area contributed by atoms with Crippen molar-refractivity contribution < 1.29 is 9.59 Å². The molecule has 0 fully saturated rings. The Morgan fingerprint density at radius 2 is 1.92 bits per heavy atom. The summed E-state index contributed by atoms with van der Waals surface area (Å²) in [6.07, 6.45) is 0. The molecule has 1 aromatic carbocycles. The molecule has 8 nitrogen and oxygen atoms in total. The molecule has 0 aliphatic carbocycles. The van der Waals surface area contributed by atoms with Gasteiger partial charge in [-0.15, -0.1) is 5.10 Å². The number of hydrogen-bond acceptors (Lipinski definition) is 6. The largest absolute Gasteiger partial charge is 0.366 e. The maximum atomic E-state index is 12.0. The summed E-state index contributed by atoms with van der Waals surface area (Å²) >= 11 is 1.23. The van der Waals surface area contributed by atoms with E-state index >= 15 is 0 Å². The highest BCUT2D eigenvalue weighted by Gasteiger charge is 2.11. The van der Waals surface area contributed by atoms with Crippen molar-refractivity contribution in [2.24, 2.45) is 5.73 Å². The van der Waals surface area contributed by atoms with Gasteiger partial charge in [-0.25, -0.2) is 9.50 Å². The smallest absolute Gasteiger partial charge is 0.253 e. The number of carbonyl (C=O) groups excluding carboxylic acids is 2. The van der Waals surface area contributed by atoms with Crippen LogP contribution < -0.4 is 11.1 Å². The first kappa shape index (κ1) is 16.9. The Labute approximate surface area is 147 Å². The van der Waals surface area contributed by atoms with E-state index in [1.165, 1.54) is 11.8 Å². The van der Waals surface area contributed by atoms with Crippen LogP contribution in [-0.4, -0.2) is 37.1 Å². The first-order chi connectivity index (χ1) is 11.9. The summed E-state index contributed by atoms with van der Waals surface area (Å²) in [5.41, 5.74) is 7.95. The van der Waals surface area contributed by atoms with Gasteiger partial charge in [0.05, 0.1) is 5.75 Å². The summed E-state index contributed by atoms with van der Waals surface area (Å²) in [6, 6.07) is 8.29. The fourth-order valence-corrected chi connectivity index (χ4v) is 2.87. The van der Waals surface area contributed by atoms with Gasteiger partial charge in [-0.2, -0.15) is 4.98 Å². The van der Waals surface area contributed by atoms with E-state index in [9.17, 15) is 9.59 Å². The molecule has 0 atom stereocenters. The zero-order valence-electron chi connectivity index (χ0n) is 13.7. The topological polar surface area (TPSA) is 115 Å². The monoisotopic (exact) mass is 356 g/mol. The molecule has 25 heavy (non-hydrogen) atoms. The third-order valence-electron chi connectivity index (χ3n) is 3.38. The second kappa shape index (κ2) is 6.89. The van der Waals surface area contributed by atoms with Crippen molar-refractivity contribution in [3.05, 3.63) is 47.3 Å². The molecule has 3 N–H and O–H groups in total. The average molecular weight is 356 g/mol. The number of amides is 2. The Balaban J connectivity index is 1.62. The zero-order chi connectivity index (χ0) is 18.0. The summed E-state index contributed by atoms with van der Waals surface area (Å²) in [4.78, 5) is 31.7. The van der Waals surface area contributed by atoms with Crippen LogP contribution in [0.1, 0.15) is 21.7 Å². The second-order valence-electron chi connectivity index (χ2n) is 5.42. The molecule has 3 aromatic rings. The van der Waals surface area contributed by atoms with E-state index in [4.69, 9.17) is 5.73 Å². The lowest BCUT2D eigenvalue weighted by Gasteiger charge is -2.04. The van der Waals surface area contributed by atoms with Crippen molar-refractivity contribution in [2.75, 3.05) is 11.1 Å². The third kappa shape index (κ3) is 3.94. The Hall–Kier alpha value is -2.94. The Morgan fingerprint density at radius 1 is 1.20 bits per heavy atom. The van der Waals surface area contributed by atoms with E-state index in [-0.39, 0.29) is 11.7 Å². The maximum absolute atomic E-state index is 12.0. The molecule has 0 bridgehead atoms. The highest BCUT2D eigenvalue weighted by Crippen LogP contribution is 2.16. The molecule has 128 valence electrons. The van der Waals surface area contributed by atoms with Crippen molar-refractivity contribution in [3.63, 3.8) is 0 Å². The lowest BCUT2D eigenvalue weighted by molar-refractivity contribution is -0.113. The number of fused-ring (bicyclic) bond motifs is 1. The predicted molar refractivity (Wildman–Crippen MR) is 94.6 cm³/mol. The predicted octanol–water partition coefficient (Wildman–Crippen LogP) is 1.57. The minimum absolute atomic E-state index is 0.159. The molecule has 2 aromatic heterocycles. The van der Waals surface area contributed by atoms with Gasteiger partial charge in [-0.05, 0) is 44.2 Å². The average Bonchev–Trinajstić information content (AvgIpc) is 2.97. The molecule has 0 saturated heterocycles. The van der Waals surface area contributed by atoms with Crippen LogP contribution in [0, 0.1) is 13.8 Å². The fourth-order valence-electron chi connectivity index (χ4n) is 2.25. The van der Waals surface area contributed by atoms with Crippen LogP contribution in [0.2, 0.25) is 0 Å². The summed E-state index contributed by atoms with van der Waals surface area (Å²) in [5, 5.41) is 7.57. The van der Waals surface area contributed by atoms with Crippen molar-refractivity contribution >= 4 is 35.0 Å². The molecular formula is C16H16N6O2S. The number of thioether (sulfide) groups is 1. The summed E-state index contributed by atoms with van der Waals surface area (Å²) in [7, 11) is 0. The summed E-state index contributed by atoms with van der Waals surface area (Å²) in [5.74, 6) is -0.0311. The fraction of sp³-hybridized carbons (Fsp3) is 0.188. The molecule has 0 radical (unpaired) electrons. The Kier molecular flexibility index (Phi) is 4.66. The van der Waals surface area contributed by atoms with Gasteiger partial charge in [-0.1, -0.05) is 11.8 Å². The number of primary amides is 1. The van der Waals surface area contributed by atoms with Crippen molar-refractivity contribution in [2.45, 2.75) is 19.0 Å². The molecule has 0 spiro atoms. The van der Waals surface area contributed by atoms with Crippen LogP contribution in [0.25, 0.3) is 5.78 Å². The van der Waals surface area contributed by atoms with Gasteiger partial charge < -0.3 is 11.1 Å². The van der Waals surface area contributed by atoms with Gasteiger partial charge in [0.1, 0.15) is 0 Å². The van der Waals surface area contributed by atoms with Crippen LogP contribution >= 0.6 is 11.8 Å². The van der Waals surface area contributed by atoms with Gasteiger partial charge >= 0.3 is 0 Å². The highest BCUT2D eigenvalue weighted by molar-refractivity contribution is 7.99. The number of carbonyl (C=O) groups is 2. The number of aromatic nitrogens is 4. The van der Waals surface area contributed by atoms with E-state index in [1.807, 2.05) is 19.9 Å². The first-order valence-electron chi connectivity index (χ1n) is 7.46. The Bertz CT molecular complexity index is 951. The number of nitrogens with two attached hydrogens (primary N) is 1. The zero-order valence-corrected chi connectivity index (χ0v) is 14.5. The molecule has 3 rings (SSSR count). The van der Waals surface area contributed by atoms with Crippen LogP contribution in [0.4, 0.5) is 5.69 Å². The normalized spacial score (nSPS) is 10.8. The molecule has 0 aliphatic rings. The number of anilines is 1. The van der Waals surface area contributed by atoms with Crippen molar-refractivity contribution in [1.82, 2.24) is 19.6 Å².